The molecule has 1 N–H and O–H groups in total. The minimum atomic E-state index is -1.21. The molecular weight excluding hydrogens is 278 g/mol. The van der Waals surface area contributed by atoms with E-state index in [2.05, 4.69) is 0 Å². The Kier molecular flexibility index (Phi) is 5.13. The van der Waals surface area contributed by atoms with Crippen molar-refractivity contribution >= 4 is 31.7 Å². The number of hydrogen-bond donors (Lipinski definition) is 1. The molecule has 0 aliphatic heterocycles. The predicted octanol–water partition coefficient (Wildman–Crippen LogP) is 0.933. The first-order chi connectivity index (χ1) is 7.64. The summed E-state index contributed by atoms with van der Waals surface area (Å²) >= 11 is 0. The number of carbonyl (C=O) groups is 2. The summed E-state index contributed by atoms with van der Waals surface area (Å²) in [6, 6.07) is 0. The summed E-state index contributed by atoms with van der Waals surface area (Å²) < 4.78 is 5.31. The second kappa shape index (κ2) is 5.95. The molecule has 5 heteroatoms. The van der Waals surface area contributed by atoms with Crippen molar-refractivity contribution in [2.45, 2.75) is 57.0 Å². The second-order valence-electron chi connectivity index (χ2n) is 4.91. The van der Waals surface area contributed by atoms with Gasteiger partial charge in [-0.15, -0.1) is 0 Å². The number of esters is 1. The van der Waals surface area contributed by atoms with E-state index in [-0.39, 0.29) is 31.7 Å². The maximum absolute atomic E-state index is 11.8. The summed E-state index contributed by atoms with van der Waals surface area (Å²) in [7, 11) is 0. The average molecular weight is 299 g/mol. The molecule has 0 amide bonds. The first-order valence-electron chi connectivity index (χ1n) is 6.10. The van der Waals surface area contributed by atoms with E-state index in [1.807, 2.05) is 0 Å². The molecule has 2 aliphatic rings. The summed E-state index contributed by atoms with van der Waals surface area (Å²) in [5, 5.41) is 9.18. The number of carboxylic acids is 1. The molecule has 2 aliphatic carbocycles. The zero-order valence-corrected chi connectivity index (χ0v) is 9.41. The van der Waals surface area contributed by atoms with E-state index < -0.39 is 11.6 Å². The molecule has 2 saturated carbocycles. The summed E-state index contributed by atoms with van der Waals surface area (Å²) in [5.41, 5.74) is -1.21. The number of aliphatic carboxylic acids is 1. The Balaban J connectivity index is 0.00000144. The predicted molar refractivity (Wildman–Crippen MR) is 66.8 cm³/mol. The van der Waals surface area contributed by atoms with Gasteiger partial charge in [-0.2, -0.15) is 0 Å². The monoisotopic (exact) mass is 298 g/mol. The fourth-order valence-electron chi connectivity index (χ4n) is 2.74. The average Bonchev–Trinajstić information content (AvgIpc) is 2.88. The molecule has 0 spiro atoms. The maximum atomic E-state index is 11.8. The molecule has 17 heavy (non-hydrogen) atoms. The van der Waals surface area contributed by atoms with Crippen molar-refractivity contribution in [1.82, 2.24) is 0 Å². The van der Waals surface area contributed by atoms with Crippen molar-refractivity contribution < 1.29 is 19.4 Å². The molecule has 4 nitrogen and oxygen atoms in total. The normalized spacial score (nSPS) is 23.1. The van der Waals surface area contributed by atoms with E-state index in [9.17, 15) is 14.7 Å². The molecule has 0 bridgehead atoms. The van der Waals surface area contributed by atoms with Crippen LogP contribution in [0.15, 0.2) is 0 Å². The van der Waals surface area contributed by atoms with Crippen LogP contribution in [0.2, 0.25) is 0 Å². The number of hydrogen-bond acceptors (Lipinski definition) is 3. The summed E-state index contributed by atoms with van der Waals surface area (Å²) in [6.07, 6.45) is 6.44. The van der Waals surface area contributed by atoms with Gasteiger partial charge in [0.1, 0.15) is 0 Å². The van der Waals surface area contributed by atoms with Crippen LogP contribution in [-0.2, 0) is 14.3 Å². The molecule has 2 fully saturated rings. The molecular formula is C12H21GaO4. The van der Waals surface area contributed by atoms with E-state index >= 15 is 0 Å². The molecule has 0 aromatic rings. The SMILES string of the molecule is O=C(OC1(C(=O)O)CCCC1)C1CCCC1.[GaH3]. The molecule has 0 unspecified atom stereocenters. The molecule has 0 atom stereocenters. The van der Waals surface area contributed by atoms with Gasteiger partial charge in [-0.3, -0.25) is 4.79 Å². The Hall–Kier alpha value is -0.424. The van der Waals surface area contributed by atoms with Crippen molar-refractivity contribution in [1.29, 1.82) is 0 Å². The second-order valence-corrected chi connectivity index (χ2v) is 4.91. The molecule has 0 radical (unpaired) electrons. The van der Waals surface area contributed by atoms with E-state index in [0.717, 1.165) is 38.5 Å². The van der Waals surface area contributed by atoms with Gasteiger partial charge >= 0.3 is 31.7 Å². The van der Waals surface area contributed by atoms with Gasteiger partial charge in [0.05, 0.1) is 5.92 Å². The van der Waals surface area contributed by atoms with Crippen molar-refractivity contribution in [2.24, 2.45) is 5.92 Å². The third-order valence-electron chi connectivity index (χ3n) is 3.79. The Bertz CT molecular complexity index is 291. The van der Waals surface area contributed by atoms with Gasteiger partial charge in [0.15, 0.2) is 0 Å². The summed E-state index contributed by atoms with van der Waals surface area (Å²) in [5.74, 6) is -1.32. The van der Waals surface area contributed by atoms with Gasteiger partial charge in [-0.25, -0.2) is 4.79 Å². The number of carbonyl (C=O) groups excluding carboxylic acids is 1. The Morgan fingerprint density at radius 2 is 1.59 bits per heavy atom. The van der Waals surface area contributed by atoms with E-state index in [1.54, 1.807) is 0 Å². The Labute approximate surface area is 114 Å². The van der Waals surface area contributed by atoms with Crippen LogP contribution in [0, 0.1) is 5.92 Å². The van der Waals surface area contributed by atoms with Crippen LogP contribution < -0.4 is 0 Å². The molecule has 2 rings (SSSR count). The molecule has 0 aromatic carbocycles. The molecule has 96 valence electrons. The van der Waals surface area contributed by atoms with Crippen LogP contribution in [0.4, 0.5) is 0 Å². The van der Waals surface area contributed by atoms with Crippen LogP contribution in [0.5, 0.6) is 0 Å². The first-order valence-corrected chi connectivity index (χ1v) is 6.10. The zero-order chi connectivity index (χ0) is 11.6. The van der Waals surface area contributed by atoms with Crippen LogP contribution in [0.25, 0.3) is 0 Å². The number of rotatable bonds is 3. The Morgan fingerprint density at radius 3 is 2.06 bits per heavy atom. The Morgan fingerprint density at radius 1 is 1.06 bits per heavy atom. The minimum absolute atomic E-state index is 0. The van der Waals surface area contributed by atoms with Crippen LogP contribution >= 0.6 is 0 Å². The quantitative estimate of drug-likeness (QED) is 0.622. The van der Waals surface area contributed by atoms with Gasteiger partial charge in [0.25, 0.3) is 0 Å². The van der Waals surface area contributed by atoms with E-state index in [0.29, 0.717) is 12.8 Å². The number of ether oxygens (including phenoxy) is 1. The summed E-state index contributed by atoms with van der Waals surface area (Å²) in [6.45, 7) is 0. The van der Waals surface area contributed by atoms with Crippen molar-refractivity contribution in [3.8, 4) is 0 Å². The van der Waals surface area contributed by atoms with E-state index in [1.165, 1.54) is 0 Å². The van der Waals surface area contributed by atoms with Crippen LogP contribution in [0.3, 0.4) is 0 Å². The third kappa shape index (κ3) is 3.07. The molecule has 0 heterocycles. The van der Waals surface area contributed by atoms with Crippen molar-refractivity contribution in [3.05, 3.63) is 0 Å². The van der Waals surface area contributed by atoms with Gasteiger partial charge in [0, 0.05) is 0 Å². The van der Waals surface area contributed by atoms with Crippen LogP contribution in [-0.4, -0.2) is 42.4 Å². The fraction of sp³-hybridized carbons (Fsp3) is 0.833. The van der Waals surface area contributed by atoms with Gasteiger partial charge in [-0.1, -0.05) is 12.8 Å². The topological polar surface area (TPSA) is 63.6 Å². The third-order valence-corrected chi connectivity index (χ3v) is 3.79. The summed E-state index contributed by atoms with van der Waals surface area (Å²) in [4.78, 5) is 23.0. The van der Waals surface area contributed by atoms with E-state index in [4.69, 9.17) is 4.74 Å². The molecule has 0 aromatic heterocycles. The zero-order valence-electron chi connectivity index (χ0n) is 9.41. The van der Waals surface area contributed by atoms with Gasteiger partial charge < -0.3 is 9.84 Å². The fourth-order valence-corrected chi connectivity index (χ4v) is 2.74. The van der Waals surface area contributed by atoms with Crippen molar-refractivity contribution in [3.63, 3.8) is 0 Å². The first kappa shape index (κ1) is 14.6. The standard InChI is InChI=1S/C12H18O4.Ga.3H/c13-10(9-5-1-2-6-9)16-12(11(14)15)7-3-4-8-12;;;;/h9H,1-8H2,(H,14,15);;;;. The van der Waals surface area contributed by atoms with Gasteiger partial charge in [0.2, 0.25) is 5.60 Å². The number of carboxylic acid groups (broad SMARTS) is 1. The molecule has 0 saturated heterocycles. The van der Waals surface area contributed by atoms with Gasteiger partial charge in [-0.05, 0) is 38.5 Å². The van der Waals surface area contributed by atoms with Crippen molar-refractivity contribution in [2.75, 3.05) is 0 Å². The van der Waals surface area contributed by atoms with Crippen LogP contribution in [0.1, 0.15) is 51.4 Å².